The second-order valence-corrected chi connectivity index (χ2v) is 4.13. The van der Waals surface area contributed by atoms with E-state index in [-0.39, 0.29) is 11.4 Å². The molecule has 0 amide bonds. The molecule has 1 N–H and O–H groups in total. The fraction of sp³-hybridized carbons (Fsp3) is 0.0714. The predicted octanol–water partition coefficient (Wildman–Crippen LogP) is 2.72. The zero-order chi connectivity index (χ0) is 12.7. The molecule has 2 aliphatic rings. The van der Waals surface area contributed by atoms with Crippen molar-refractivity contribution in [3.05, 3.63) is 41.2 Å². The van der Waals surface area contributed by atoms with Crippen LogP contribution >= 0.6 is 0 Å². The Morgan fingerprint density at radius 1 is 1.17 bits per heavy atom. The van der Waals surface area contributed by atoms with Crippen LogP contribution in [0.25, 0.3) is 22.2 Å². The van der Waals surface area contributed by atoms with Crippen molar-refractivity contribution < 1.29 is 0 Å². The van der Waals surface area contributed by atoms with E-state index >= 15 is 0 Å². The molecule has 0 saturated carbocycles. The first-order valence-electron chi connectivity index (χ1n) is 5.47. The number of H-pyrrole nitrogens is 1. The minimum absolute atomic E-state index is 0.138. The van der Waals surface area contributed by atoms with Gasteiger partial charge in [0.1, 0.15) is 12.1 Å². The summed E-state index contributed by atoms with van der Waals surface area (Å²) in [5.41, 5.74) is 3.02. The minimum atomic E-state index is 0.138. The average Bonchev–Trinajstić information content (AvgIpc) is 2.76. The number of fused-ring (bicyclic) bond motifs is 3. The summed E-state index contributed by atoms with van der Waals surface area (Å²) < 4.78 is 0. The van der Waals surface area contributed by atoms with E-state index in [1.165, 1.54) is 0 Å². The summed E-state index contributed by atoms with van der Waals surface area (Å²) in [4.78, 5) is 7.25. The third kappa shape index (κ3) is 1.27. The molecule has 0 radical (unpaired) electrons. The number of nitrogens with one attached hydrogen (secondary N) is 1. The molecule has 0 unspecified atom stereocenters. The van der Waals surface area contributed by atoms with E-state index in [0.29, 0.717) is 0 Å². The van der Waals surface area contributed by atoms with Crippen molar-refractivity contribution in [2.75, 3.05) is 0 Å². The molecule has 0 aromatic heterocycles. The van der Waals surface area contributed by atoms with Gasteiger partial charge in [0.25, 0.3) is 0 Å². The van der Waals surface area contributed by atoms with Crippen LogP contribution in [0.15, 0.2) is 24.3 Å². The van der Waals surface area contributed by atoms with Crippen molar-refractivity contribution >= 4 is 10.8 Å². The lowest BCUT2D eigenvalue weighted by molar-refractivity contribution is 1.14. The summed E-state index contributed by atoms with van der Waals surface area (Å²) in [6.45, 7) is 2.03. The first-order chi connectivity index (χ1) is 8.74. The average molecular weight is 232 g/mol. The van der Waals surface area contributed by atoms with E-state index in [9.17, 15) is 0 Å². The number of nitrogens with zero attached hydrogens (tertiary/aromatic N) is 3. The zero-order valence-electron chi connectivity index (χ0n) is 9.65. The topological polar surface area (TPSA) is 76.3 Å². The molecule has 1 heterocycles. The molecule has 18 heavy (non-hydrogen) atoms. The first kappa shape index (κ1) is 10.3. The van der Waals surface area contributed by atoms with Crippen LogP contribution < -0.4 is 0 Å². The molecule has 0 atom stereocenters. The van der Waals surface area contributed by atoms with Gasteiger partial charge in [-0.3, -0.25) is 0 Å². The highest BCUT2D eigenvalue weighted by atomic mass is 14.9. The van der Waals surface area contributed by atoms with Crippen molar-refractivity contribution in [3.63, 3.8) is 0 Å². The van der Waals surface area contributed by atoms with Crippen LogP contribution in [0.2, 0.25) is 0 Å². The highest BCUT2D eigenvalue weighted by Crippen LogP contribution is 2.33. The maximum Gasteiger partial charge on any atom is 0.175 e. The van der Waals surface area contributed by atoms with Crippen LogP contribution in [0, 0.1) is 29.6 Å². The lowest BCUT2D eigenvalue weighted by atomic mass is 10.1. The van der Waals surface area contributed by atoms with E-state index in [2.05, 4.69) is 9.97 Å². The monoisotopic (exact) mass is 232 g/mol. The zero-order valence-corrected chi connectivity index (χ0v) is 9.65. The highest BCUT2D eigenvalue weighted by Gasteiger charge is 2.16. The lowest BCUT2D eigenvalue weighted by Gasteiger charge is -2.02. The first-order valence-corrected chi connectivity index (χ1v) is 5.47. The van der Waals surface area contributed by atoms with Gasteiger partial charge in [0.2, 0.25) is 0 Å². The maximum atomic E-state index is 8.99. The molecule has 84 valence electrons. The molecule has 0 saturated heterocycles. The van der Waals surface area contributed by atoms with Crippen LogP contribution in [-0.2, 0) is 0 Å². The Kier molecular flexibility index (Phi) is 2.05. The summed E-state index contributed by atoms with van der Waals surface area (Å²) in [5.74, 6) is 0. The van der Waals surface area contributed by atoms with Gasteiger partial charge in [-0.05, 0) is 23.9 Å². The largest absolute Gasteiger partial charge is 0.343 e. The molecular formula is C14H8N4. The summed E-state index contributed by atoms with van der Waals surface area (Å²) in [5, 5.41) is 20.1. The Balaban J connectivity index is 2.50. The number of rotatable bonds is 0. The molecule has 3 rings (SSSR count). The fourth-order valence-corrected chi connectivity index (χ4v) is 2.18. The number of hydrogen-bond acceptors (Lipinski definition) is 3. The predicted molar refractivity (Wildman–Crippen MR) is 66.9 cm³/mol. The Bertz CT molecular complexity index is 814. The van der Waals surface area contributed by atoms with Crippen molar-refractivity contribution in [3.8, 4) is 23.5 Å². The number of aryl methyl sites for hydroxylation is 1. The van der Waals surface area contributed by atoms with Gasteiger partial charge in [-0.25, -0.2) is 4.98 Å². The van der Waals surface area contributed by atoms with Crippen molar-refractivity contribution in [2.24, 2.45) is 0 Å². The van der Waals surface area contributed by atoms with Crippen molar-refractivity contribution in [1.82, 2.24) is 9.97 Å². The molecular weight excluding hydrogens is 224 g/mol. The molecule has 1 aliphatic heterocycles. The Labute approximate surface area is 103 Å². The smallest absolute Gasteiger partial charge is 0.175 e. The van der Waals surface area contributed by atoms with Gasteiger partial charge in [0.05, 0.1) is 11.4 Å². The molecule has 1 aromatic rings. The molecule has 1 aliphatic carbocycles. The number of benzene rings is 1. The van der Waals surface area contributed by atoms with Gasteiger partial charge in [-0.15, -0.1) is 0 Å². The maximum absolute atomic E-state index is 8.99. The van der Waals surface area contributed by atoms with Gasteiger partial charge < -0.3 is 4.98 Å². The number of aromatic nitrogens is 2. The van der Waals surface area contributed by atoms with Gasteiger partial charge in [0, 0.05) is 5.39 Å². The lowest BCUT2D eigenvalue weighted by Crippen LogP contribution is -1.97. The Morgan fingerprint density at radius 2 is 2.00 bits per heavy atom. The third-order valence-electron chi connectivity index (χ3n) is 3.06. The van der Waals surface area contributed by atoms with Gasteiger partial charge in [0.15, 0.2) is 11.4 Å². The molecule has 1 aromatic carbocycles. The second-order valence-electron chi connectivity index (χ2n) is 4.13. The van der Waals surface area contributed by atoms with E-state index in [4.69, 9.17) is 10.5 Å². The van der Waals surface area contributed by atoms with Crippen LogP contribution in [0.3, 0.4) is 0 Å². The fourth-order valence-electron chi connectivity index (χ4n) is 2.18. The minimum Gasteiger partial charge on any atom is -0.343 e. The van der Waals surface area contributed by atoms with Gasteiger partial charge in [-0.2, -0.15) is 10.5 Å². The molecule has 0 fully saturated rings. The van der Waals surface area contributed by atoms with Crippen molar-refractivity contribution in [1.29, 1.82) is 10.5 Å². The van der Waals surface area contributed by atoms with E-state index in [0.717, 1.165) is 27.7 Å². The number of nitriles is 2. The van der Waals surface area contributed by atoms with E-state index < -0.39 is 0 Å². The molecule has 4 heteroatoms. The molecule has 0 spiro atoms. The summed E-state index contributed by atoms with van der Waals surface area (Å²) >= 11 is 0. The van der Waals surface area contributed by atoms with E-state index in [1.54, 1.807) is 0 Å². The SMILES string of the molecule is Cc1cccc2c3nc(C#N)c(C#N)[nH]c-3cc12. The molecule has 0 bridgehead atoms. The summed E-state index contributed by atoms with van der Waals surface area (Å²) in [6.07, 6.45) is 0. The Hall–Kier alpha value is -2.85. The number of aromatic amines is 1. The van der Waals surface area contributed by atoms with Gasteiger partial charge >= 0.3 is 0 Å². The molecule has 4 nitrogen and oxygen atoms in total. The standard InChI is InChI=1S/C14H8N4/c1-8-3-2-4-9-10(8)5-11-14(9)18-13(7-16)12(6-15)17-11/h2-5,17H,1H3. The van der Waals surface area contributed by atoms with E-state index in [1.807, 2.05) is 43.3 Å². The van der Waals surface area contributed by atoms with Crippen LogP contribution in [-0.4, -0.2) is 9.97 Å². The summed E-state index contributed by atoms with van der Waals surface area (Å²) in [6, 6.07) is 11.8. The summed E-state index contributed by atoms with van der Waals surface area (Å²) in [7, 11) is 0. The Morgan fingerprint density at radius 3 is 2.72 bits per heavy atom. The van der Waals surface area contributed by atoms with Crippen LogP contribution in [0.5, 0.6) is 0 Å². The normalized spacial score (nSPS) is 10.4. The third-order valence-corrected chi connectivity index (χ3v) is 3.06. The van der Waals surface area contributed by atoms with Crippen LogP contribution in [0.4, 0.5) is 0 Å². The highest BCUT2D eigenvalue weighted by molar-refractivity contribution is 6.01. The quantitative estimate of drug-likeness (QED) is 0.647. The second kappa shape index (κ2) is 3.58. The van der Waals surface area contributed by atoms with Crippen LogP contribution in [0.1, 0.15) is 17.0 Å². The van der Waals surface area contributed by atoms with Crippen molar-refractivity contribution in [2.45, 2.75) is 6.92 Å². The number of hydrogen-bond donors (Lipinski definition) is 1. The van der Waals surface area contributed by atoms with Gasteiger partial charge in [-0.1, -0.05) is 18.2 Å².